The van der Waals surface area contributed by atoms with E-state index in [9.17, 15) is 0 Å². The van der Waals surface area contributed by atoms with Crippen LogP contribution in [0.5, 0.6) is 0 Å². The largest absolute Gasteiger partial charge is 0.398 e. The SMILES string of the molecule is Nc1ccc2nc(CC3CCOC3)cn2c1. The molecule has 0 radical (unpaired) electrons. The van der Waals surface area contributed by atoms with Crippen LogP contribution in [-0.2, 0) is 11.2 Å². The van der Waals surface area contributed by atoms with Crippen LogP contribution in [0.4, 0.5) is 5.69 Å². The second kappa shape index (κ2) is 3.79. The van der Waals surface area contributed by atoms with Crippen molar-refractivity contribution in [2.75, 3.05) is 18.9 Å². The van der Waals surface area contributed by atoms with Gasteiger partial charge in [-0.2, -0.15) is 0 Å². The highest BCUT2D eigenvalue weighted by Gasteiger charge is 2.17. The van der Waals surface area contributed by atoms with Crippen LogP contribution < -0.4 is 5.73 Å². The Balaban J connectivity index is 1.86. The van der Waals surface area contributed by atoms with E-state index in [4.69, 9.17) is 10.5 Å². The number of hydrogen-bond donors (Lipinski definition) is 1. The summed E-state index contributed by atoms with van der Waals surface area (Å²) in [5.41, 5.74) is 8.58. The maximum Gasteiger partial charge on any atom is 0.137 e. The van der Waals surface area contributed by atoms with E-state index in [2.05, 4.69) is 11.2 Å². The van der Waals surface area contributed by atoms with Crippen molar-refractivity contribution >= 4 is 11.3 Å². The lowest BCUT2D eigenvalue weighted by Crippen LogP contribution is -2.03. The van der Waals surface area contributed by atoms with Gasteiger partial charge >= 0.3 is 0 Å². The number of imidazole rings is 1. The van der Waals surface area contributed by atoms with Gasteiger partial charge in [-0.3, -0.25) is 0 Å². The van der Waals surface area contributed by atoms with E-state index in [1.807, 2.05) is 22.7 Å². The highest BCUT2D eigenvalue weighted by molar-refractivity contribution is 5.48. The molecule has 84 valence electrons. The number of nitrogens with two attached hydrogens (primary N) is 1. The normalized spacial score (nSPS) is 20.6. The maximum atomic E-state index is 5.73. The fraction of sp³-hybridized carbons (Fsp3) is 0.417. The van der Waals surface area contributed by atoms with Crippen molar-refractivity contribution in [1.82, 2.24) is 9.38 Å². The number of rotatable bonds is 2. The summed E-state index contributed by atoms with van der Waals surface area (Å²) >= 11 is 0. The predicted molar refractivity (Wildman–Crippen MR) is 62.2 cm³/mol. The number of fused-ring (bicyclic) bond motifs is 1. The zero-order valence-electron chi connectivity index (χ0n) is 9.10. The fourth-order valence-corrected chi connectivity index (χ4v) is 2.20. The van der Waals surface area contributed by atoms with Crippen molar-refractivity contribution in [2.24, 2.45) is 5.92 Å². The molecule has 4 heteroatoms. The first-order valence-corrected chi connectivity index (χ1v) is 5.62. The van der Waals surface area contributed by atoms with Crippen LogP contribution in [0, 0.1) is 5.92 Å². The van der Waals surface area contributed by atoms with Crippen molar-refractivity contribution in [3.05, 3.63) is 30.2 Å². The molecule has 0 aliphatic carbocycles. The molecule has 1 aliphatic rings. The first kappa shape index (κ1) is 9.66. The van der Waals surface area contributed by atoms with Crippen LogP contribution in [-0.4, -0.2) is 22.6 Å². The van der Waals surface area contributed by atoms with Gasteiger partial charge in [-0.1, -0.05) is 0 Å². The zero-order chi connectivity index (χ0) is 11.0. The summed E-state index contributed by atoms with van der Waals surface area (Å²) in [5.74, 6) is 0.627. The van der Waals surface area contributed by atoms with E-state index in [-0.39, 0.29) is 0 Å². The minimum absolute atomic E-state index is 0.627. The van der Waals surface area contributed by atoms with E-state index >= 15 is 0 Å². The van der Waals surface area contributed by atoms with Crippen LogP contribution in [0.15, 0.2) is 24.5 Å². The van der Waals surface area contributed by atoms with Crippen molar-refractivity contribution in [1.29, 1.82) is 0 Å². The lowest BCUT2D eigenvalue weighted by atomic mass is 10.0. The van der Waals surface area contributed by atoms with Crippen molar-refractivity contribution in [2.45, 2.75) is 12.8 Å². The molecule has 3 heterocycles. The molecule has 16 heavy (non-hydrogen) atoms. The Hall–Kier alpha value is -1.55. The van der Waals surface area contributed by atoms with Crippen LogP contribution in [0.2, 0.25) is 0 Å². The van der Waals surface area contributed by atoms with Crippen molar-refractivity contribution < 1.29 is 4.74 Å². The van der Waals surface area contributed by atoms with E-state index < -0.39 is 0 Å². The molecule has 3 rings (SSSR count). The second-order valence-electron chi connectivity index (χ2n) is 4.39. The third-order valence-electron chi connectivity index (χ3n) is 3.05. The highest BCUT2D eigenvalue weighted by atomic mass is 16.5. The molecule has 1 aliphatic heterocycles. The Morgan fingerprint density at radius 3 is 3.19 bits per heavy atom. The average Bonchev–Trinajstić information content (AvgIpc) is 2.86. The zero-order valence-corrected chi connectivity index (χ0v) is 9.10. The first-order valence-electron chi connectivity index (χ1n) is 5.62. The van der Waals surface area contributed by atoms with E-state index in [0.29, 0.717) is 5.92 Å². The molecule has 1 saturated heterocycles. The lowest BCUT2D eigenvalue weighted by molar-refractivity contribution is 0.185. The monoisotopic (exact) mass is 217 g/mol. The van der Waals surface area contributed by atoms with Gasteiger partial charge in [0.1, 0.15) is 5.65 Å². The number of pyridine rings is 1. The quantitative estimate of drug-likeness (QED) is 0.829. The minimum atomic E-state index is 0.627. The summed E-state index contributed by atoms with van der Waals surface area (Å²) in [4.78, 5) is 4.57. The topological polar surface area (TPSA) is 52.5 Å². The van der Waals surface area contributed by atoms with Gasteiger partial charge < -0.3 is 14.9 Å². The molecule has 2 N–H and O–H groups in total. The molecule has 2 aromatic rings. The molecular formula is C12H15N3O. The molecule has 1 atom stereocenters. The van der Waals surface area contributed by atoms with Crippen LogP contribution in [0.3, 0.4) is 0 Å². The minimum Gasteiger partial charge on any atom is -0.398 e. The summed E-state index contributed by atoms with van der Waals surface area (Å²) in [6.45, 7) is 1.76. The average molecular weight is 217 g/mol. The summed E-state index contributed by atoms with van der Waals surface area (Å²) in [5, 5.41) is 0. The van der Waals surface area contributed by atoms with Gasteiger partial charge in [0.05, 0.1) is 5.69 Å². The summed E-state index contributed by atoms with van der Waals surface area (Å²) < 4.78 is 7.35. The number of hydrogen-bond acceptors (Lipinski definition) is 3. The van der Waals surface area contributed by atoms with Crippen molar-refractivity contribution in [3.63, 3.8) is 0 Å². The number of nitrogen functional groups attached to an aromatic ring is 1. The van der Waals surface area contributed by atoms with E-state index in [1.165, 1.54) is 0 Å². The molecule has 0 amide bonds. The van der Waals surface area contributed by atoms with Gasteiger partial charge in [0.25, 0.3) is 0 Å². The lowest BCUT2D eigenvalue weighted by Gasteiger charge is -2.02. The van der Waals surface area contributed by atoms with Crippen LogP contribution in [0.1, 0.15) is 12.1 Å². The number of ether oxygens (including phenoxy) is 1. The standard InChI is InChI=1S/C12H15N3O/c13-10-1-2-12-14-11(7-15(12)6-10)5-9-3-4-16-8-9/h1-2,6-7,9H,3-5,8,13H2. The maximum absolute atomic E-state index is 5.73. The number of anilines is 1. The summed E-state index contributed by atoms with van der Waals surface area (Å²) in [6, 6.07) is 3.83. The Kier molecular flexibility index (Phi) is 2.29. The number of aromatic nitrogens is 2. The Labute approximate surface area is 94.0 Å². The number of nitrogens with zero attached hydrogens (tertiary/aromatic N) is 2. The fourth-order valence-electron chi connectivity index (χ4n) is 2.20. The summed E-state index contributed by atoms with van der Waals surface area (Å²) in [6.07, 6.45) is 6.11. The van der Waals surface area contributed by atoms with Crippen LogP contribution >= 0.6 is 0 Å². The van der Waals surface area contributed by atoms with E-state index in [1.54, 1.807) is 0 Å². The second-order valence-corrected chi connectivity index (χ2v) is 4.39. The van der Waals surface area contributed by atoms with Gasteiger partial charge in [-0.25, -0.2) is 4.98 Å². The van der Waals surface area contributed by atoms with Gasteiger partial charge in [0.15, 0.2) is 0 Å². The van der Waals surface area contributed by atoms with E-state index in [0.717, 1.165) is 43.1 Å². The van der Waals surface area contributed by atoms with Gasteiger partial charge in [-0.05, 0) is 30.9 Å². The highest BCUT2D eigenvalue weighted by Crippen LogP contribution is 2.18. The molecule has 0 bridgehead atoms. The Morgan fingerprint density at radius 2 is 2.38 bits per heavy atom. The molecule has 0 saturated carbocycles. The molecule has 1 fully saturated rings. The molecular weight excluding hydrogens is 202 g/mol. The molecule has 4 nitrogen and oxygen atoms in total. The molecule has 1 unspecified atom stereocenters. The first-order chi connectivity index (χ1) is 7.81. The predicted octanol–water partition coefficient (Wildman–Crippen LogP) is 1.50. The van der Waals surface area contributed by atoms with Crippen LogP contribution in [0.25, 0.3) is 5.65 Å². The van der Waals surface area contributed by atoms with Gasteiger partial charge in [0.2, 0.25) is 0 Å². The van der Waals surface area contributed by atoms with Gasteiger partial charge in [-0.15, -0.1) is 0 Å². The molecule has 0 aromatic carbocycles. The Bertz CT molecular complexity index is 500. The third kappa shape index (κ3) is 1.76. The summed E-state index contributed by atoms with van der Waals surface area (Å²) in [7, 11) is 0. The molecule has 2 aromatic heterocycles. The van der Waals surface area contributed by atoms with Crippen molar-refractivity contribution in [3.8, 4) is 0 Å². The third-order valence-corrected chi connectivity index (χ3v) is 3.05. The van der Waals surface area contributed by atoms with Gasteiger partial charge in [0, 0.05) is 31.3 Å². The Morgan fingerprint density at radius 1 is 1.44 bits per heavy atom. The molecule has 0 spiro atoms. The smallest absolute Gasteiger partial charge is 0.137 e.